The number of halogens is 1. The first-order chi connectivity index (χ1) is 9.95. The Morgan fingerprint density at radius 3 is 2.43 bits per heavy atom. The van der Waals surface area contributed by atoms with Crippen LogP contribution in [-0.2, 0) is 15.9 Å². The Morgan fingerprint density at radius 1 is 1.24 bits per heavy atom. The maximum Gasteiger partial charge on any atom is 0.243 e. The van der Waals surface area contributed by atoms with Crippen LogP contribution in [0, 0.1) is 5.92 Å². The molecule has 0 unspecified atom stereocenters. The molecule has 118 valence electrons. The zero-order chi connectivity index (χ0) is 15.5. The molecule has 0 aliphatic carbocycles. The van der Waals surface area contributed by atoms with Gasteiger partial charge in [-0.3, -0.25) is 0 Å². The van der Waals surface area contributed by atoms with Crippen molar-refractivity contribution in [3.05, 3.63) is 29.8 Å². The van der Waals surface area contributed by atoms with Crippen molar-refractivity contribution in [1.29, 1.82) is 0 Å². The number of sulfonamides is 1. The van der Waals surface area contributed by atoms with Crippen molar-refractivity contribution in [2.24, 2.45) is 5.92 Å². The van der Waals surface area contributed by atoms with Crippen molar-refractivity contribution < 1.29 is 8.42 Å². The van der Waals surface area contributed by atoms with Gasteiger partial charge in [-0.15, -0.1) is 11.6 Å². The second-order valence-corrected chi connectivity index (χ2v) is 8.02. The summed E-state index contributed by atoms with van der Waals surface area (Å²) >= 11 is 5.87. The quantitative estimate of drug-likeness (QED) is 0.778. The van der Waals surface area contributed by atoms with Gasteiger partial charge in [0.05, 0.1) is 4.90 Å². The van der Waals surface area contributed by atoms with Crippen molar-refractivity contribution >= 4 is 21.6 Å². The Bertz CT molecular complexity index is 567. The van der Waals surface area contributed by atoms with Crippen LogP contribution < -0.4 is 0 Å². The molecule has 0 aromatic heterocycles. The van der Waals surface area contributed by atoms with E-state index in [0.29, 0.717) is 29.5 Å². The summed E-state index contributed by atoms with van der Waals surface area (Å²) in [6, 6.07) is 7.00. The van der Waals surface area contributed by atoms with Crippen molar-refractivity contribution in [2.75, 3.05) is 33.7 Å². The molecule has 1 fully saturated rings. The number of benzene rings is 1. The van der Waals surface area contributed by atoms with E-state index in [0.717, 1.165) is 19.4 Å². The summed E-state index contributed by atoms with van der Waals surface area (Å²) in [5.74, 6) is 0.793. The lowest BCUT2D eigenvalue weighted by Gasteiger charge is -2.32. The van der Waals surface area contributed by atoms with Crippen molar-refractivity contribution in [3.8, 4) is 0 Å². The van der Waals surface area contributed by atoms with E-state index in [1.165, 1.54) is 0 Å². The van der Waals surface area contributed by atoms with E-state index >= 15 is 0 Å². The van der Waals surface area contributed by atoms with Gasteiger partial charge in [0.15, 0.2) is 0 Å². The molecule has 0 spiro atoms. The van der Waals surface area contributed by atoms with Crippen molar-refractivity contribution in [2.45, 2.75) is 23.6 Å². The van der Waals surface area contributed by atoms with Crippen LogP contribution in [-0.4, -0.2) is 51.4 Å². The van der Waals surface area contributed by atoms with E-state index in [1.54, 1.807) is 22.5 Å². The van der Waals surface area contributed by atoms with Crippen LogP contribution >= 0.6 is 11.6 Å². The van der Waals surface area contributed by atoms with Gasteiger partial charge in [0, 0.05) is 25.5 Å². The SMILES string of the molecule is CN(C)CC1CCN(S(=O)(=O)c2ccccc2CCl)CC1. The third-order valence-corrected chi connectivity index (χ3v) is 6.22. The standard InChI is InChI=1S/C15H23ClN2O2S/c1-17(2)12-13-7-9-18(10-8-13)21(19,20)15-6-4-3-5-14(15)11-16/h3-6,13H,7-12H2,1-2H3. The molecule has 4 nitrogen and oxygen atoms in total. The summed E-state index contributed by atoms with van der Waals surface area (Å²) in [4.78, 5) is 2.52. The largest absolute Gasteiger partial charge is 0.309 e. The molecule has 2 rings (SSSR count). The summed E-state index contributed by atoms with van der Waals surface area (Å²) in [5, 5.41) is 0. The number of piperidine rings is 1. The fraction of sp³-hybridized carbons (Fsp3) is 0.600. The Labute approximate surface area is 132 Å². The molecule has 1 aromatic carbocycles. The highest BCUT2D eigenvalue weighted by Gasteiger charge is 2.30. The predicted molar refractivity (Wildman–Crippen MR) is 86.0 cm³/mol. The summed E-state index contributed by atoms with van der Waals surface area (Å²) in [7, 11) is 0.689. The van der Waals surface area contributed by atoms with Gasteiger partial charge in [0.25, 0.3) is 0 Å². The van der Waals surface area contributed by atoms with Crippen LogP contribution in [0.15, 0.2) is 29.2 Å². The van der Waals surface area contributed by atoms with E-state index in [2.05, 4.69) is 19.0 Å². The molecule has 0 atom stereocenters. The average Bonchev–Trinajstić information content (AvgIpc) is 2.47. The molecule has 1 aromatic rings. The molecule has 0 radical (unpaired) electrons. The summed E-state index contributed by atoms with van der Waals surface area (Å²) in [5.41, 5.74) is 0.676. The number of hydrogen-bond donors (Lipinski definition) is 0. The van der Waals surface area contributed by atoms with Crippen molar-refractivity contribution in [3.63, 3.8) is 0 Å². The van der Waals surface area contributed by atoms with Crippen molar-refractivity contribution in [1.82, 2.24) is 9.21 Å². The van der Waals surface area contributed by atoms with Crippen LogP contribution in [0.5, 0.6) is 0 Å². The number of rotatable bonds is 5. The monoisotopic (exact) mass is 330 g/mol. The average molecular weight is 331 g/mol. The third kappa shape index (κ3) is 3.97. The topological polar surface area (TPSA) is 40.6 Å². The third-order valence-electron chi connectivity index (χ3n) is 3.93. The molecule has 6 heteroatoms. The van der Waals surface area contributed by atoms with Gasteiger partial charge in [0.1, 0.15) is 0 Å². The normalized spacial score (nSPS) is 18.3. The molecule has 0 bridgehead atoms. The van der Waals surface area contributed by atoms with Gasteiger partial charge < -0.3 is 4.90 Å². The van der Waals surface area contributed by atoms with Gasteiger partial charge >= 0.3 is 0 Å². The first kappa shape index (κ1) is 16.7. The molecule has 1 saturated heterocycles. The molecule has 1 aliphatic rings. The lowest BCUT2D eigenvalue weighted by Crippen LogP contribution is -2.40. The molecule has 0 saturated carbocycles. The summed E-state index contributed by atoms with van der Waals surface area (Å²) in [6.07, 6.45) is 1.83. The van der Waals surface area contributed by atoms with Crippen LogP contribution in [0.2, 0.25) is 0 Å². The zero-order valence-corrected chi connectivity index (χ0v) is 14.2. The molecule has 1 aliphatic heterocycles. The van der Waals surface area contributed by atoms with Gasteiger partial charge in [-0.25, -0.2) is 8.42 Å². The Balaban J connectivity index is 2.11. The molecular formula is C15H23ClN2O2S. The van der Waals surface area contributed by atoms with E-state index < -0.39 is 10.0 Å². The molecule has 0 N–H and O–H groups in total. The molecule has 1 heterocycles. The minimum absolute atomic E-state index is 0.215. The first-order valence-corrected chi connectivity index (χ1v) is 9.21. The van der Waals surface area contributed by atoms with Crippen LogP contribution in [0.1, 0.15) is 18.4 Å². The second kappa shape index (κ2) is 7.09. The van der Waals surface area contributed by atoms with Gasteiger partial charge in [-0.2, -0.15) is 4.31 Å². The maximum absolute atomic E-state index is 12.8. The van der Waals surface area contributed by atoms with Gasteiger partial charge in [0.2, 0.25) is 10.0 Å². The molecule has 0 amide bonds. The van der Waals surface area contributed by atoms with E-state index in [-0.39, 0.29) is 5.88 Å². The fourth-order valence-electron chi connectivity index (χ4n) is 2.85. The minimum atomic E-state index is -3.42. The number of nitrogens with zero attached hydrogens (tertiary/aromatic N) is 2. The number of alkyl halides is 1. The Morgan fingerprint density at radius 2 is 1.86 bits per heavy atom. The number of hydrogen-bond acceptors (Lipinski definition) is 3. The van der Waals surface area contributed by atoms with E-state index in [9.17, 15) is 8.42 Å². The molecule has 21 heavy (non-hydrogen) atoms. The van der Waals surface area contributed by atoms with E-state index in [4.69, 9.17) is 11.6 Å². The highest BCUT2D eigenvalue weighted by molar-refractivity contribution is 7.89. The maximum atomic E-state index is 12.8. The minimum Gasteiger partial charge on any atom is -0.309 e. The predicted octanol–water partition coefficient (Wildman–Crippen LogP) is 2.39. The van der Waals surface area contributed by atoms with Crippen LogP contribution in [0.3, 0.4) is 0 Å². The van der Waals surface area contributed by atoms with Crippen LogP contribution in [0.25, 0.3) is 0 Å². The lowest BCUT2D eigenvalue weighted by molar-refractivity contribution is 0.225. The van der Waals surface area contributed by atoms with Gasteiger partial charge in [-0.1, -0.05) is 18.2 Å². The fourth-order valence-corrected chi connectivity index (χ4v) is 4.86. The zero-order valence-electron chi connectivity index (χ0n) is 12.6. The summed E-state index contributed by atoms with van der Waals surface area (Å²) < 4.78 is 27.1. The Hall–Kier alpha value is -0.620. The highest BCUT2D eigenvalue weighted by Crippen LogP contribution is 2.26. The first-order valence-electron chi connectivity index (χ1n) is 7.24. The second-order valence-electron chi connectivity index (χ2n) is 5.85. The smallest absolute Gasteiger partial charge is 0.243 e. The summed E-state index contributed by atoms with van der Waals surface area (Å²) in [6.45, 7) is 2.21. The molecular weight excluding hydrogens is 308 g/mol. The van der Waals surface area contributed by atoms with Gasteiger partial charge in [-0.05, 0) is 44.5 Å². The van der Waals surface area contributed by atoms with Crippen LogP contribution in [0.4, 0.5) is 0 Å². The lowest BCUT2D eigenvalue weighted by atomic mass is 9.98. The highest BCUT2D eigenvalue weighted by atomic mass is 35.5. The Kier molecular flexibility index (Phi) is 5.66. The van der Waals surface area contributed by atoms with E-state index in [1.807, 2.05) is 6.07 Å².